The molecule has 256 valence electrons. The van der Waals surface area contributed by atoms with E-state index in [9.17, 15) is 23.3 Å². The first-order valence-electron chi connectivity index (χ1n) is 16.5. The Kier molecular flexibility index (Phi) is 8.56. The summed E-state index contributed by atoms with van der Waals surface area (Å²) in [6.45, 7) is 11.9. The topological polar surface area (TPSA) is 148 Å². The molecular weight excluding hydrogens is 646 g/mol. The van der Waals surface area contributed by atoms with Gasteiger partial charge in [-0.2, -0.15) is 9.57 Å². The highest BCUT2D eigenvalue weighted by Gasteiger charge is 2.60. The number of ether oxygens (including phenoxy) is 2. The summed E-state index contributed by atoms with van der Waals surface area (Å²) in [7, 11) is -4.46. The normalized spacial score (nSPS) is 21.9. The summed E-state index contributed by atoms with van der Waals surface area (Å²) in [6.07, 6.45) is 1.50. The van der Waals surface area contributed by atoms with Gasteiger partial charge in [-0.05, 0) is 56.3 Å². The van der Waals surface area contributed by atoms with Gasteiger partial charge in [0.05, 0.1) is 47.6 Å². The molecule has 3 saturated heterocycles. The van der Waals surface area contributed by atoms with Crippen LogP contribution >= 0.6 is 0 Å². The zero-order valence-electron chi connectivity index (χ0n) is 27.6. The van der Waals surface area contributed by atoms with Gasteiger partial charge in [0.15, 0.2) is 5.54 Å². The summed E-state index contributed by atoms with van der Waals surface area (Å²) in [6, 6.07) is 15.3. The number of nitriles is 1. The first-order chi connectivity index (χ1) is 23.6. The molecule has 13 nitrogen and oxygen atoms in total. The van der Waals surface area contributed by atoms with Crippen LogP contribution in [-0.2, 0) is 25.1 Å². The van der Waals surface area contributed by atoms with Crippen molar-refractivity contribution >= 4 is 27.6 Å². The minimum Gasteiger partial charge on any atom is -0.478 e. The lowest BCUT2D eigenvalue weighted by molar-refractivity contribution is -0.122. The Balaban J connectivity index is 1.21. The molecule has 4 aliphatic heterocycles. The molecule has 14 heteroatoms. The Morgan fingerprint density at radius 1 is 1.02 bits per heavy atom. The first-order valence-corrected chi connectivity index (χ1v) is 17.9. The number of aryl methyl sites for hydroxylation is 1. The Labute approximate surface area is 286 Å². The number of aromatic nitrogens is 1. The highest BCUT2D eigenvalue weighted by atomic mass is 32.2. The molecule has 3 aromatic rings. The van der Waals surface area contributed by atoms with Crippen LogP contribution in [0, 0.1) is 23.7 Å². The smallest absolute Gasteiger partial charge is 0.318 e. The number of carbonyl (C=O) groups excluding carboxylic acids is 2. The quantitative estimate of drug-likeness (QED) is 0.356. The van der Waals surface area contributed by atoms with E-state index in [-0.39, 0.29) is 45.2 Å². The van der Waals surface area contributed by atoms with Crippen LogP contribution in [0.15, 0.2) is 65.7 Å². The van der Waals surface area contributed by atoms with E-state index in [4.69, 9.17) is 9.47 Å². The number of fused-ring (bicyclic) bond motifs is 1. The van der Waals surface area contributed by atoms with Crippen molar-refractivity contribution in [1.82, 2.24) is 25.0 Å². The lowest BCUT2D eigenvalue weighted by atomic mass is 9.73. The predicted molar refractivity (Wildman–Crippen MR) is 179 cm³/mol. The Hall–Kier alpha value is -4.55. The lowest BCUT2D eigenvalue weighted by Crippen LogP contribution is -2.74. The molecule has 1 atom stereocenters. The van der Waals surface area contributed by atoms with E-state index in [0.29, 0.717) is 13.1 Å². The largest absolute Gasteiger partial charge is 0.478 e. The van der Waals surface area contributed by atoms with Crippen LogP contribution in [0.4, 0.5) is 10.5 Å². The molecule has 3 fully saturated rings. The molecule has 0 bridgehead atoms. The second-order valence-electron chi connectivity index (χ2n) is 13.2. The number of pyridine rings is 1. The predicted octanol–water partition coefficient (Wildman–Crippen LogP) is 2.30. The van der Waals surface area contributed by atoms with E-state index in [2.05, 4.69) is 26.2 Å². The standard InChI is InChI=1S/C35H39N7O6S/c1-3-48-31-28(5-4-12-37-31)35(38-33(44)41-23-34(24-41)21-40(22-34)14-13-39-15-17-47-18-16-39)29-19-26(20-36)8-11-30(29)42(32(35)43)49(45,46)27-9-6-25(2)7-10-27/h4-12,19H,3,13-18,21-24H2,1-2H3,(H,38,44)/t35-/m1/s1. The summed E-state index contributed by atoms with van der Waals surface area (Å²) in [5, 5.41) is 12.8. The highest BCUT2D eigenvalue weighted by Crippen LogP contribution is 2.50. The second kappa shape index (κ2) is 12.7. The number of carbonyl (C=O) groups is 2. The number of amides is 3. The van der Waals surface area contributed by atoms with Gasteiger partial charge in [0.2, 0.25) is 5.88 Å². The zero-order chi connectivity index (χ0) is 34.4. The van der Waals surface area contributed by atoms with Crippen LogP contribution in [0.25, 0.3) is 0 Å². The maximum absolute atomic E-state index is 15.0. The number of hydrogen-bond acceptors (Lipinski definition) is 10. The summed E-state index contributed by atoms with van der Waals surface area (Å²) in [5.74, 6) is -0.856. The molecule has 4 aliphatic rings. The minimum absolute atomic E-state index is 0.0211. The van der Waals surface area contributed by atoms with Crippen LogP contribution in [-0.4, -0.2) is 112 Å². The molecule has 2 aromatic carbocycles. The van der Waals surface area contributed by atoms with Gasteiger partial charge in [0.1, 0.15) is 0 Å². The second-order valence-corrected chi connectivity index (χ2v) is 15.0. The average Bonchev–Trinajstić information content (AvgIpc) is 3.31. The maximum atomic E-state index is 15.0. The third-order valence-electron chi connectivity index (χ3n) is 9.86. The fourth-order valence-corrected chi connectivity index (χ4v) is 8.87. The van der Waals surface area contributed by atoms with Crippen LogP contribution in [0.1, 0.15) is 29.2 Å². The van der Waals surface area contributed by atoms with Gasteiger partial charge in [-0.25, -0.2) is 18.2 Å². The SMILES string of the molecule is CCOc1ncccc1[C@]1(NC(=O)N2CC3(CN(CCN4CCOCC4)C3)C2)C(=O)N(S(=O)(=O)c2ccc(C)cc2)c2ccc(C#N)cc21. The number of urea groups is 1. The molecule has 1 spiro atoms. The number of sulfonamides is 1. The fourth-order valence-electron chi connectivity index (χ4n) is 7.41. The molecule has 5 heterocycles. The molecule has 0 saturated carbocycles. The highest BCUT2D eigenvalue weighted by molar-refractivity contribution is 7.93. The molecule has 0 unspecified atom stereocenters. The minimum atomic E-state index is -4.46. The molecule has 0 radical (unpaired) electrons. The number of likely N-dealkylation sites (tertiary alicyclic amines) is 2. The van der Waals surface area contributed by atoms with Gasteiger partial charge >= 0.3 is 6.03 Å². The Morgan fingerprint density at radius 2 is 1.73 bits per heavy atom. The lowest BCUT2D eigenvalue weighted by Gasteiger charge is -2.60. The maximum Gasteiger partial charge on any atom is 0.318 e. The Bertz CT molecular complexity index is 1910. The van der Waals surface area contributed by atoms with Crippen molar-refractivity contribution in [2.75, 3.05) is 76.5 Å². The van der Waals surface area contributed by atoms with Gasteiger partial charge < -0.3 is 24.6 Å². The number of morpholine rings is 1. The van der Waals surface area contributed by atoms with Crippen LogP contribution in [0.3, 0.4) is 0 Å². The molecular formula is C35H39N7O6S. The van der Waals surface area contributed by atoms with Gasteiger partial charge in [-0.1, -0.05) is 17.7 Å². The van der Waals surface area contributed by atoms with E-state index in [0.717, 1.165) is 62.4 Å². The summed E-state index contributed by atoms with van der Waals surface area (Å²) < 4.78 is 40.6. The van der Waals surface area contributed by atoms with Gasteiger partial charge in [0, 0.05) is 69.5 Å². The number of benzene rings is 2. The number of rotatable bonds is 9. The van der Waals surface area contributed by atoms with E-state index >= 15 is 0 Å². The van der Waals surface area contributed by atoms with Crippen molar-refractivity contribution in [3.05, 3.63) is 83.0 Å². The molecule has 7 rings (SSSR count). The van der Waals surface area contributed by atoms with E-state index < -0.39 is 27.5 Å². The van der Waals surface area contributed by atoms with Gasteiger partial charge in [0.25, 0.3) is 15.9 Å². The van der Waals surface area contributed by atoms with E-state index in [1.54, 1.807) is 36.1 Å². The fraction of sp³-hybridized carbons (Fsp3) is 0.429. The van der Waals surface area contributed by atoms with Crippen LogP contribution in [0.5, 0.6) is 5.88 Å². The first kappa shape index (κ1) is 33.0. The van der Waals surface area contributed by atoms with E-state index in [1.807, 2.05) is 6.92 Å². The van der Waals surface area contributed by atoms with Crippen LogP contribution in [0.2, 0.25) is 0 Å². The third-order valence-corrected chi connectivity index (χ3v) is 11.6. The number of anilines is 1. The summed E-state index contributed by atoms with van der Waals surface area (Å²) in [5.41, 5.74) is -0.705. The summed E-state index contributed by atoms with van der Waals surface area (Å²) >= 11 is 0. The number of nitrogens with one attached hydrogen (secondary N) is 1. The van der Waals surface area contributed by atoms with Crippen molar-refractivity contribution in [3.63, 3.8) is 0 Å². The third kappa shape index (κ3) is 5.70. The van der Waals surface area contributed by atoms with Crippen molar-refractivity contribution in [2.45, 2.75) is 24.3 Å². The summed E-state index contributed by atoms with van der Waals surface area (Å²) in [4.78, 5) is 39.9. The number of nitrogens with zero attached hydrogens (tertiary/aromatic N) is 6. The van der Waals surface area contributed by atoms with Crippen molar-refractivity contribution in [1.29, 1.82) is 5.26 Å². The monoisotopic (exact) mass is 685 g/mol. The van der Waals surface area contributed by atoms with Crippen molar-refractivity contribution in [3.8, 4) is 11.9 Å². The Morgan fingerprint density at radius 3 is 2.43 bits per heavy atom. The number of hydrogen-bond donors (Lipinski definition) is 1. The molecule has 49 heavy (non-hydrogen) atoms. The van der Waals surface area contributed by atoms with Crippen LogP contribution < -0.4 is 14.4 Å². The van der Waals surface area contributed by atoms with Gasteiger partial charge in [-0.15, -0.1) is 0 Å². The molecule has 1 aromatic heterocycles. The van der Waals surface area contributed by atoms with Gasteiger partial charge in [-0.3, -0.25) is 9.69 Å². The molecule has 3 amide bonds. The van der Waals surface area contributed by atoms with Crippen molar-refractivity contribution < 1.29 is 27.5 Å². The zero-order valence-corrected chi connectivity index (χ0v) is 28.4. The van der Waals surface area contributed by atoms with Crippen molar-refractivity contribution in [2.24, 2.45) is 5.41 Å². The average molecular weight is 686 g/mol. The molecule has 0 aliphatic carbocycles. The van der Waals surface area contributed by atoms with E-state index in [1.165, 1.54) is 36.5 Å². The molecule has 1 N–H and O–H groups in total.